The number of nitrogens with zero attached hydrogens (tertiary/aromatic N) is 3. The van der Waals surface area contributed by atoms with Gasteiger partial charge >= 0.3 is 5.97 Å². The molecule has 0 saturated heterocycles. The molecule has 1 aromatic heterocycles. The van der Waals surface area contributed by atoms with Crippen LogP contribution in [-0.2, 0) is 9.59 Å². The van der Waals surface area contributed by atoms with Gasteiger partial charge in [0.2, 0.25) is 11.5 Å². The van der Waals surface area contributed by atoms with Crippen LogP contribution in [0, 0.1) is 5.82 Å². The molecule has 13 heteroatoms. The zero-order valence-corrected chi connectivity index (χ0v) is 15.8. The summed E-state index contributed by atoms with van der Waals surface area (Å²) >= 11 is 3.18. The van der Waals surface area contributed by atoms with Crippen molar-refractivity contribution < 1.29 is 33.1 Å². The second-order valence-corrected chi connectivity index (χ2v) is 6.05. The zero-order valence-electron chi connectivity index (χ0n) is 14.2. The summed E-state index contributed by atoms with van der Waals surface area (Å²) in [6.45, 7) is -1.32. The molecular weight excluding hydrogens is 445 g/mol. The lowest BCUT2D eigenvalue weighted by Crippen LogP contribution is -2.33. The Morgan fingerprint density at radius 3 is 2.75 bits per heavy atom. The molecule has 0 radical (unpaired) electrons. The minimum atomic E-state index is -1.20. The van der Waals surface area contributed by atoms with Gasteiger partial charge in [0.15, 0.2) is 25.6 Å². The maximum Gasteiger partial charge on any atom is 0.326 e. The molecule has 150 valence electrons. The quantitative estimate of drug-likeness (QED) is 0.196. The van der Waals surface area contributed by atoms with Crippen molar-refractivity contribution >= 4 is 33.5 Å². The summed E-state index contributed by atoms with van der Waals surface area (Å²) in [6.07, 6.45) is 0. The Balaban J connectivity index is 1.84. The monoisotopic (exact) mass is 459 g/mol. The minimum absolute atomic E-state index is 0.0387. The van der Waals surface area contributed by atoms with E-state index >= 15 is 0 Å². The molecule has 0 aliphatic rings. The van der Waals surface area contributed by atoms with E-state index in [2.05, 4.69) is 26.2 Å². The lowest BCUT2D eigenvalue weighted by Gasteiger charge is -2.08. The predicted molar refractivity (Wildman–Crippen MR) is 95.9 cm³/mol. The molecule has 2 rings (SSSR count). The van der Waals surface area contributed by atoms with Gasteiger partial charge in [-0.3, -0.25) is 9.59 Å². The normalized spacial score (nSPS) is 11.2. The fourth-order valence-corrected chi connectivity index (χ4v) is 2.11. The molecule has 0 unspecified atom stereocenters. The highest BCUT2D eigenvalue weighted by atomic mass is 79.9. The second-order valence-electron chi connectivity index (χ2n) is 5.20. The zero-order chi connectivity index (χ0) is 20.7. The number of hydrogen-bond acceptors (Lipinski definition) is 9. The van der Waals surface area contributed by atoms with Crippen LogP contribution in [0.3, 0.4) is 0 Å². The molecule has 11 nitrogen and oxygen atoms in total. The van der Waals surface area contributed by atoms with Gasteiger partial charge in [-0.25, -0.2) is 15.4 Å². The number of rotatable bonds is 10. The van der Waals surface area contributed by atoms with E-state index in [0.717, 1.165) is 6.07 Å². The summed E-state index contributed by atoms with van der Waals surface area (Å²) < 4.78 is 28.9. The highest BCUT2D eigenvalue weighted by molar-refractivity contribution is 9.10. The molecule has 5 N–H and O–H groups in total. The summed E-state index contributed by atoms with van der Waals surface area (Å²) in [5.74, 6) is 3.01. The number of carboxylic acids is 1. The van der Waals surface area contributed by atoms with Gasteiger partial charge in [-0.05, 0) is 33.2 Å². The molecule has 1 heterocycles. The number of nitrogens with two attached hydrogens (primary N) is 2. The molecule has 1 aromatic carbocycles. The molecule has 0 aliphatic heterocycles. The van der Waals surface area contributed by atoms with Gasteiger partial charge in [0, 0.05) is 6.07 Å². The maximum absolute atomic E-state index is 13.2. The third kappa shape index (κ3) is 6.51. The van der Waals surface area contributed by atoms with Crippen LogP contribution >= 0.6 is 15.9 Å². The smallest absolute Gasteiger partial charge is 0.326 e. The van der Waals surface area contributed by atoms with Gasteiger partial charge < -0.3 is 24.8 Å². The number of carbonyl (C=O) groups is 2. The third-order valence-corrected chi connectivity index (χ3v) is 3.59. The Morgan fingerprint density at radius 2 is 2.04 bits per heavy atom. The van der Waals surface area contributed by atoms with Gasteiger partial charge in [-0.2, -0.15) is 0 Å². The first-order chi connectivity index (χ1) is 13.2. The molecule has 0 atom stereocenters. The van der Waals surface area contributed by atoms with Crippen molar-refractivity contribution in [2.45, 2.75) is 0 Å². The number of hydrogen-bond donors (Lipinski definition) is 3. The van der Waals surface area contributed by atoms with Crippen LogP contribution in [0.15, 0.2) is 38.4 Å². The average molecular weight is 460 g/mol. The SMILES string of the molecule is N/C(=N\N(N)CC(=O)O)c1cc(OCC(=O)COc2cc(F)ccc2Br)no1. The molecule has 0 fully saturated rings. The fourth-order valence-electron chi connectivity index (χ4n) is 1.75. The highest BCUT2D eigenvalue weighted by Crippen LogP contribution is 2.25. The molecule has 28 heavy (non-hydrogen) atoms. The molecule has 2 aromatic rings. The van der Waals surface area contributed by atoms with E-state index in [-0.39, 0.29) is 29.8 Å². The van der Waals surface area contributed by atoms with Gasteiger partial charge in [-0.1, -0.05) is 0 Å². The number of benzene rings is 1. The van der Waals surface area contributed by atoms with Crippen molar-refractivity contribution in [3.63, 3.8) is 0 Å². The fraction of sp³-hybridized carbons (Fsp3) is 0.200. The van der Waals surface area contributed by atoms with Crippen LogP contribution in [0.4, 0.5) is 4.39 Å². The largest absolute Gasteiger partial charge is 0.484 e. The number of aliphatic carboxylic acids is 1. The van der Waals surface area contributed by atoms with Crippen LogP contribution in [0.5, 0.6) is 11.6 Å². The minimum Gasteiger partial charge on any atom is -0.484 e. The number of aromatic nitrogens is 1. The molecular formula is C15H15BrFN5O6. The Labute approximate surface area is 165 Å². The van der Waals surface area contributed by atoms with Crippen LogP contribution in [-0.4, -0.2) is 52.7 Å². The summed E-state index contributed by atoms with van der Waals surface area (Å²) in [5.41, 5.74) is 5.60. The molecule has 0 saturated carbocycles. The Morgan fingerprint density at radius 1 is 1.32 bits per heavy atom. The Kier molecular flexibility index (Phi) is 7.28. The molecule has 0 spiro atoms. The molecule has 0 aliphatic carbocycles. The Bertz CT molecular complexity index is 890. The number of carboxylic acid groups (broad SMARTS) is 1. The summed E-state index contributed by atoms with van der Waals surface area (Å²) in [7, 11) is 0. The lowest BCUT2D eigenvalue weighted by atomic mass is 10.3. The van der Waals surface area contributed by atoms with Crippen LogP contribution in [0.25, 0.3) is 0 Å². The van der Waals surface area contributed by atoms with E-state index in [4.69, 9.17) is 30.7 Å². The molecule has 0 amide bonds. The van der Waals surface area contributed by atoms with Gasteiger partial charge in [-0.15, -0.1) is 5.10 Å². The van der Waals surface area contributed by atoms with Crippen molar-refractivity contribution in [3.05, 3.63) is 40.3 Å². The first kappa shape index (κ1) is 21.1. The topological polar surface area (TPSA) is 166 Å². The number of hydrazone groups is 1. The van der Waals surface area contributed by atoms with Crippen molar-refractivity contribution in [1.82, 2.24) is 10.3 Å². The third-order valence-electron chi connectivity index (χ3n) is 2.94. The van der Waals surface area contributed by atoms with E-state index in [9.17, 15) is 14.0 Å². The highest BCUT2D eigenvalue weighted by Gasteiger charge is 2.13. The average Bonchev–Trinajstić information content (AvgIpc) is 3.09. The van der Waals surface area contributed by atoms with Gasteiger partial charge in [0.25, 0.3) is 5.88 Å². The lowest BCUT2D eigenvalue weighted by molar-refractivity contribution is -0.138. The van der Waals surface area contributed by atoms with Crippen molar-refractivity contribution in [2.24, 2.45) is 16.7 Å². The van der Waals surface area contributed by atoms with Crippen LogP contribution in [0.2, 0.25) is 0 Å². The first-order valence-electron chi connectivity index (χ1n) is 7.52. The second kappa shape index (κ2) is 9.66. The summed E-state index contributed by atoms with van der Waals surface area (Å²) in [6, 6.07) is 5.07. The number of ketones is 1. The number of carbonyl (C=O) groups excluding carboxylic acids is 1. The van der Waals surface area contributed by atoms with Crippen LogP contribution in [0.1, 0.15) is 5.76 Å². The van der Waals surface area contributed by atoms with Gasteiger partial charge in [0.05, 0.1) is 10.5 Å². The van der Waals surface area contributed by atoms with E-state index in [0.29, 0.717) is 9.59 Å². The van der Waals surface area contributed by atoms with E-state index in [1.54, 1.807) is 0 Å². The number of halogens is 2. The van der Waals surface area contributed by atoms with Crippen molar-refractivity contribution in [1.29, 1.82) is 0 Å². The van der Waals surface area contributed by atoms with E-state index in [1.165, 1.54) is 18.2 Å². The summed E-state index contributed by atoms with van der Waals surface area (Å²) in [4.78, 5) is 22.3. The number of ether oxygens (including phenoxy) is 2. The Hall–Kier alpha value is -3.19. The maximum atomic E-state index is 13.2. The van der Waals surface area contributed by atoms with Crippen molar-refractivity contribution in [3.8, 4) is 11.6 Å². The van der Waals surface area contributed by atoms with Gasteiger partial charge in [0.1, 0.15) is 11.6 Å². The number of hydrazine groups is 1. The number of amidine groups is 1. The van der Waals surface area contributed by atoms with Crippen LogP contribution < -0.4 is 21.1 Å². The first-order valence-corrected chi connectivity index (χ1v) is 8.31. The standard InChI is InChI=1S/C15H15BrFN5O6/c16-10-2-1-8(17)3-11(10)26-6-9(23)7-27-13-4-12(28-21-13)15(18)20-22(19)5-14(24)25/h1-4H,5-7,19H2,(H2,18,20)(H,24,25). The molecule has 0 bridgehead atoms. The summed E-state index contributed by atoms with van der Waals surface area (Å²) in [5, 5.41) is 16.3. The number of Topliss-reactive ketones (excluding diaryl/α,β-unsaturated/α-hetero) is 1. The van der Waals surface area contributed by atoms with E-state index < -0.39 is 30.7 Å². The van der Waals surface area contributed by atoms with E-state index in [1.807, 2.05) is 0 Å². The predicted octanol–water partition coefficient (Wildman–Crippen LogP) is 0.484. The van der Waals surface area contributed by atoms with Crippen molar-refractivity contribution in [2.75, 3.05) is 19.8 Å².